The Kier molecular flexibility index (Phi) is 6.13. The minimum absolute atomic E-state index is 0. The molecule has 5 fully saturated rings. The van der Waals surface area contributed by atoms with Crippen molar-refractivity contribution in [3.63, 3.8) is 0 Å². The fourth-order valence-corrected chi connectivity index (χ4v) is 7.68. The highest BCUT2D eigenvalue weighted by Crippen LogP contribution is 2.76. The highest BCUT2D eigenvalue weighted by Gasteiger charge is 2.93. The molecule has 1 aliphatic carbocycles. The lowest BCUT2D eigenvalue weighted by Gasteiger charge is -2.51. The second kappa shape index (κ2) is 8.66. The maximum absolute atomic E-state index is 14.2. The molecule has 2 spiro atoms. The summed E-state index contributed by atoms with van der Waals surface area (Å²) < 4.78 is 17.6. The average Bonchev–Trinajstić information content (AvgIpc) is 3.60. The van der Waals surface area contributed by atoms with E-state index in [2.05, 4.69) is 5.32 Å². The number of ether oxygens (including phenoxy) is 3. The summed E-state index contributed by atoms with van der Waals surface area (Å²) in [6.45, 7) is 7.17. The molecule has 5 aliphatic rings. The fraction of sp³-hybridized carbons (Fsp3) is 0.630. The lowest BCUT2D eigenvalue weighted by molar-refractivity contribution is -0.212. The Morgan fingerprint density at radius 3 is 2.53 bits per heavy atom. The van der Waals surface area contributed by atoms with E-state index in [0.717, 1.165) is 13.0 Å². The number of hydrogen-bond acceptors (Lipinski definition) is 9. The molecular formula is C27H33ClN2O8. The Balaban J connectivity index is 0.00000294. The van der Waals surface area contributed by atoms with Gasteiger partial charge in [0, 0.05) is 13.0 Å². The van der Waals surface area contributed by atoms with E-state index < -0.39 is 64.1 Å². The van der Waals surface area contributed by atoms with Crippen LogP contribution in [0.25, 0.3) is 0 Å². The first-order valence-electron chi connectivity index (χ1n) is 12.9. The molecule has 11 heteroatoms. The Hall–Kier alpha value is -2.69. The largest absolute Gasteiger partial charge is 0.461 e. The molecule has 4 heterocycles. The Labute approximate surface area is 226 Å². The molecule has 0 aromatic heterocycles. The van der Waals surface area contributed by atoms with Gasteiger partial charge in [0.1, 0.15) is 16.9 Å². The minimum Gasteiger partial charge on any atom is -0.461 e. The topological polar surface area (TPSA) is 131 Å². The van der Waals surface area contributed by atoms with E-state index in [1.165, 1.54) is 4.90 Å². The standard InChI is InChI=1S/C27H32N2O8.ClH/c1-24(2,3)26(34)11-17-25(12-18(30)35-17)23(33)37-22-27(25,26)19(36-21(32)16-7-5-4-6-8-16)20(31)29(22)14-15-9-10-28-13-15;/h4-8,15,17,19,22,28,34H,9-14H2,1-3H3;1H/t15-,17-,19-,22-,25-,26+,27+;/m0./s1. The summed E-state index contributed by atoms with van der Waals surface area (Å²) in [7, 11) is 0. The first-order valence-corrected chi connectivity index (χ1v) is 12.9. The average molecular weight is 549 g/mol. The van der Waals surface area contributed by atoms with Crippen molar-refractivity contribution in [3.8, 4) is 0 Å². The van der Waals surface area contributed by atoms with Crippen molar-refractivity contribution in [2.75, 3.05) is 19.6 Å². The van der Waals surface area contributed by atoms with Gasteiger partial charge in [-0.2, -0.15) is 0 Å². The van der Waals surface area contributed by atoms with E-state index in [-0.39, 0.29) is 43.3 Å². The zero-order valence-electron chi connectivity index (χ0n) is 21.6. The van der Waals surface area contributed by atoms with Crippen LogP contribution in [0.15, 0.2) is 30.3 Å². The van der Waals surface area contributed by atoms with Crippen LogP contribution in [-0.4, -0.2) is 77.5 Å². The Morgan fingerprint density at radius 1 is 1.18 bits per heavy atom. The molecule has 38 heavy (non-hydrogen) atoms. The van der Waals surface area contributed by atoms with Gasteiger partial charge in [-0.05, 0) is 43.0 Å². The number of likely N-dealkylation sites (tertiary alicyclic amines) is 1. The lowest BCUT2D eigenvalue weighted by atomic mass is 9.52. The van der Waals surface area contributed by atoms with Gasteiger partial charge in [0.2, 0.25) is 0 Å². The summed E-state index contributed by atoms with van der Waals surface area (Å²) in [4.78, 5) is 55.4. The molecule has 1 aromatic rings. The van der Waals surface area contributed by atoms with Crippen LogP contribution in [0.2, 0.25) is 0 Å². The molecule has 4 aliphatic heterocycles. The lowest BCUT2D eigenvalue weighted by Crippen LogP contribution is -2.66. The highest BCUT2D eigenvalue weighted by atomic mass is 35.5. The van der Waals surface area contributed by atoms with E-state index in [9.17, 15) is 24.3 Å². The molecule has 2 N–H and O–H groups in total. The van der Waals surface area contributed by atoms with E-state index in [1.54, 1.807) is 30.3 Å². The van der Waals surface area contributed by atoms with Crippen LogP contribution < -0.4 is 5.32 Å². The Morgan fingerprint density at radius 2 is 1.89 bits per heavy atom. The van der Waals surface area contributed by atoms with E-state index in [4.69, 9.17) is 14.2 Å². The van der Waals surface area contributed by atoms with Gasteiger partial charge in [-0.15, -0.1) is 12.4 Å². The molecule has 6 rings (SSSR count). The second-order valence-corrected chi connectivity index (χ2v) is 12.1. The van der Waals surface area contributed by atoms with Crippen molar-refractivity contribution < 1.29 is 38.5 Å². The van der Waals surface area contributed by atoms with Gasteiger partial charge in [-0.1, -0.05) is 39.0 Å². The SMILES string of the molecule is CC(C)(C)[C@]1(O)C[C@@H]2OC(=O)C[C@@]23C(=O)O[C@@H]2N(C[C@H]4CCNC4)C(=O)[C@H](OC(=O)c4ccccc4)[C@]213.Cl. The van der Waals surface area contributed by atoms with E-state index >= 15 is 0 Å². The molecule has 0 bridgehead atoms. The first-order chi connectivity index (χ1) is 17.5. The van der Waals surface area contributed by atoms with Crippen LogP contribution in [0.3, 0.4) is 0 Å². The molecule has 0 unspecified atom stereocenters. The number of amides is 1. The fourth-order valence-electron chi connectivity index (χ4n) is 7.68. The summed E-state index contributed by atoms with van der Waals surface area (Å²) in [5.41, 5.74) is -5.81. The number of rotatable bonds is 4. The van der Waals surface area contributed by atoms with Gasteiger partial charge in [0.05, 0.1) is 17.6 Å². The number of esters is 3. The predicted molar refractivity (Wildman–Crippen MR) is 134 cm³/mol. The van der Waals surface area contributed by atoms with Crippen molar-refractivity contribution in [2.24, 2.45) is 22.2 Å². The molecule has 0 radical (unpaired) electrons. The van der Waals surface area contributed by atoms with Gasteiger partial charge >= 0.3 is 17.9 Å². The summed E-state index contributed by atoms with van der Waals surface area (Å²) in [5.74, 6) is -2.49. The highest BCUT2D eigenvalue weighted by molar-refractivity contribution is 5.99. The number of carbonyl (C=O) groups is 4. The molecule has 206 valence electrons. The van der Waals surface area contributed by atoms with Crippen LogP contribution in [0.1, 0.15) is 50.4 Å². The van der Waals surface area contributed by atoms with Crippen molar-refractivity contribution in [3.05, 3.63) is 35.9 Å². The zero-order chi connectivity index (χ0) is 26.4. The van der Waals surface area contributed by atoms with Gasteiger partial charge < -0.3 is 29.5 Å². The zero-order valence-corrected chi connectivity index (χ0v) is 22.4. The molecule has 10 nitrogen and oxygen atoms in total. The van der Waals surface area contributed by atoms with Crippen molar-refractivity contribution in [1.29, 1.82) is 0 Å². The van der Waals surface area contributed by atoms with Crippen LogP contribution in [0.5, 0.6) is 0 Å². The summed E-state index contributed by atoms with van der Waals surface area (Å²) in [5, 5.41) is 15.9. The quantitative estimate of drug-likeness (QED) is 0.424. The van der Waals surface area contributed by atoms with Gasteiger partial charge in [0.15, 0.2) is 12.3 Å². The van der Waals surface area contributed by atoms with Crippen LogP contribution in [0.4, 0.5) is 0 Å². The number of hydrogen-bond donors (Lipinski definition) is 2. The normalized spacial score (nSPS) is 39.3. The molecule has 1 saturated carbocycles. The number of carbonyl (C=O) groups excluding carboxylic acids is 4. The molecular weight excluding hydrogens is 516 g/mol. The molecule has 1 amide bonds. The smallest absolute Gasteiger partial charge is 0.338 e. The predicted octanol–water partition coefficient (Wildman–Crippen LogP) is 1.44. The number of aliphatic hydroxyl groups is 1. The second-order valence-electron chi connectivity index (χ2n) is 12.1. The van der Waals surface area contributed by atoms with Crippen molar-refractivity contribution in [2.45, 2.75) is 64.1 Å². The van der Waals surface area contributed by atoms with Gasteiger partial charge in [-0.25, -0.2) is 4.79 Å². The molecule has 4 saturated heterocycles. The summed E-state index contributed by atoms with van der Waals surface area (Å²) >= 11 is 0. The monoisotopic (exact) mass is 548 g/mol. The third-order valence-corrected chi connectivity index (χ3v) is 9.42. The summed E-state index contributed by atoms with van der Waals surface area (Å²) in [6, 6.07) is 8.25. The Bertz CT molecular complexity index is 1180. The van der Waals surface area contributed by atoms with Crippen molar-refractivity contribution in [1.82, 2.24) is 10.2 Å². The summed E-state index contributed by atoms with van der Waals surface area (Å²) in [6.07, 6.45) is -3.35. The maximum atomic E-state index is 14.2. The van der Waals surface area contributed by atoms with Gasteiger partial charge in [0.25, 0.3) is 5.91 Å². The van der Waals surface area contributed by atoms with Crippen LogP contribution in [0, 0.1) is 22.2 Å². The van der Waals surface area contributed by atoms with Gasteiger partial charge in [-0.3, -0.25) is 14.4 Å². The molecule has 7 atom stereocenters. The first kappa shape index (κ1) is 26.9. The minimum atomic E-state index is -1.75. The number of nitrogens with one attached hydrogen (secondary N) is 1. The maximum Gasteiger partial charge on any atom is 0.338 e. The number of nitrogens with zero attached hydrogens (tertiary/aromatic N) is 1. The third kappa shape index (κ3) is 3.14. The van der Waals surface area contributed by atoms with Crippen LogP contribution in [-0.2, 0) is 28.6 Å². The number of halogens is 1. The molecule has 1 aromatic carbocycles. The third-order valence-electron chi connectivity index (χ3n) is 9.42. The van der Waals surface area contributed by atoms with Crippen LogP contribution >= 0.6 is 12.4 Å². The van der Waals surface area contributed by atoms with E-state index in [1.807, 2.05) is 20.8 Å². The number of benzene rings is 1. The van der Waals surface area contributed by atoms with E-state index in [0.29, 0.717) is 6.54 Å². The van der Waals surface area contributed by atoms with Crippen molar-refractivity contribution >= 4 is 36.2 Å².